The Balaban J connectivity index is 0.00000320. The van der Waals surface area contributed by atoms with E-state index in [0.717, 1.165) is 21.7 Å². The maximum Gasteiger partial charge on any atom is 0.243 e. The molecule has 1 unspecified atom stereocenters. The number of β-amino-alcohol motifs (C(OH)–C–C–N with tert-alkyl or cyclic N) is 1. The molecule has 1 aromatic carbocycles. The van der Waals surface area contributed by atoms with Crippen LogP contribution in [-0.2, 0) is 16.1 Å². The van der Waals surface area contributed by atoms with Gasteiger partial charge in [0.15, 0.2) is 0 Å². The van der Waals surface area contributed by atoms with E-state index in [1.165, 1.54) is 4.90 Å². The maximum atomic E-state index is 12.7. The second-order valence-corrected chi connectivity index (χ2v) is 8.70. The summed E-state index contributed by atoms with van der Waals surface area (Å²) in [5, 5.41) is 12.9. The summed E-state index contributed by atoms with van der Waals surface area (Å²) in [6.07, 6.45) is -0.484. The second kappa shape index (κ2) is 10.3. The van der Waals surface area contributed by atoms with E-state index < -0.39 is 18.2 Å². The molecule has 1 aliphatic rings. The van der Waals surface area contributed by atoms with E-state index in [1.807, 2.05) is 50.5 Å². The minimum absolute atomic E-state index is 0. The standard InChI is InChI=1S/C21H28N4O3S.ClH/c1-12(2)18(22)21(28)25-10-16(26)8-17(25)20(27)23-9-14-4-6-15(7-5-14)19-13(3)24-11-29-19;/h4-7,11-12,16-18,26H,8-10,22H2,1-3H3,(H,23,27);1H/t16-,17?,18+;/m1./s1. The molecule has 0 saturated carbocycles. The summed E-state index contributed by atoms with van der Waals surface area (Å²) in [6.45, 7) is 6.20. The average Bonchev–Trinajstić information content (AvgIpc) is 3.30. The van der Waals surface area contributed by atoms with Crippen LogP contribution in [0.3, 0.4) is 0 Å². The number of nitrogens with one attached hydrogen (secondary N) is 1. The zero-order valence-corrected chi connectivity index (χ0v) is 19.0. The van der Waals surface area contributed by atoms with Gasteiger partial charge in [-0.2, -0.15) is 0 Å². The number of aliphatic hydroxyl groups excluding tert-OH is 1. The van der Waals surface area contributed by atoms with Gasteiger partial charge in [-0.15, -0.1) is 23.7 Å². The lowest BCUT2D eigenvalue weighted by Gasteiger charge is -2.27. The van der Waals surface area contributed by atoms with Gasteiger partial charge >= 0.3 is 0 Å². The van der Waals surface area contributed by atoms with Crippen molar-refractivity contribution in [2.24, 2.45) is 11.7 Å². The number of halogens is 1. The number of thiazole rings is 1. The normalized spacial score (nSPS) is 19.5. The number of likely N-dealkylation sites (tertiary alicyclic amines) is 1. The van der Waals surface area contributed by atoms with Gasteiger partial charge in [0.2, 0.25) is 11.8 Å². The van der Waals surface area contributed by atoms with Gasteiger partial charge in [0.05, 0.1) is 28.2 Å². The number of hydrogen-bond donors (Lipinski definition) is 3. The molecule has 9 heteroatoms. The number of aromatic nitrogens is 1. The Morgan fingerprint density at radius 2 is 2.00 bits per heavy atom. The van der Waals surface area contributed by atoms with Gasteiger partial charge in [0.25, 0.3) is 0 Å². The molecule has 164 valence electrons. The van der Waals surface area contributed by atoms with E-state index in [2.05, 4.69) is 10.3 Å². The lowest BCUT2D eigenvalue weighted by Crippen LogP contribution is -2.52. The molecule has 4 N–H and O–H groups in total. The SMILES string of the molecule is Cc1ncsc1-c1ccc(CNC(=O)C2C[C@@H](O)CN2C(=O)[C@@H](N)C(C)C)cc1.Cl. The van der Waals surface area contributed by atoms with Crippen molar-refractivity contribution in [3.05, 3.63) is 41.0 Å². The van der Waals surface area contributed by atoms with Crippen LogP contribution < -0.4 is 11.1 Å². The fraction of sp³-hybridized carbons (Fsp3) is 0.476. The Morgan fingerprint density at radius 3 is 2.57 bits per heavy atom. The first-order chi connectivity index (χ1) is 13.8. The minimum atomic E-state index is -0.712. The van der Waals surface area contributed by atoms with Crippen LogP contribution in [0.1, 0.15) is 31.5 Å². The Bertz CT molecular complexity index is 871. The second-order valence-electron chi connectivity index (χ2n) is 7.85. The molecular formula is C21H29ClN4O3S. The molecule has 7 nitrogen and oxygen atoms in total. The third kappa shape index (κ3) is 5.37. The lowest BCUT2D eigenvalue weighted by molar-refractivity contribution is -0.140. The number of amides is 2. The first-order valence-electron chi connectivity index (χ1n) is 9.79. The quantitative estimate of drug-likeness (QED) is 0.622. The molecule has 3 rings (SSSR count). The van der Waals surface area contributed by atoms with Gasteiger partial charge in [-0.25, -0.2) is 4.98 Å². The summed E-state index contributed by atoms with van der Waals surface area (Å²) < 4.78 is 0. The number of nitrogens with zero attached hydrogens (tertiary/aromatic N) is 2. The highest BCUT2D eigenvalue weighted by Crippen LogP contribution is 2.27. The Labute approximate surface area is 187 Å². The first kappa shape index (κ1) is 24.3. The highest BCUT2D eigenvalue weighted by Gasteiger charge is 2.40. The monoisotopic (exact) mass is 452 g/mol. The molecule has 1 saturated heterocycles. The van der Waals surface area contributed by atoms with Crippen molar-refractivity contribution in [2.45, 2.75) is 51.9 Å². The predicted octanol–water partition coefficient (Wildman–Crippen LogP) is 2.10. The number of aliphatic hydroxyl groups is 1. The maximum absolute atomic E-state index is 12.7. The van der Waals surface area contributed by atoms with Gasteiger partial charge in [-0.05, 0) is 24.0 Å². The van der Waals surface area contributed by atoms with Crippen molar-refractivity contribution in [1.29, 1.82) is 0 Å². The number of hydrogen-bond acceptors (Lipinski definition) is 6. The predicted molar refractivity (Wildman–Crippen MR) is 120 cm³/mol. The smallest absolute Gasteiger partial charge is 0.243 e. The van der Waals surface area contributed by atoms with Crippen molar-refractivity contribution in [2.75, 3.05) is 6.54 Å². The Kier molecular flexibility index (Phi) is 8.37. The zero-order valence-electron chi connectivity index (χ0n) is 17.4. The lowest BCUT2D eigenvalue weighted by atomic mass is 10.0. The molecule has 1 aromatic heterocycles. The summed E-state index contributed by atoms with van der Waals surface area (Å²) in [5.74, 6) is -0.598. The highest BCUT2D eigenvalue weighted by molar-refractivity contribution is 7.13. The molecule has 2 amide bonds. The number of nitrogens with two attached hydrogens (primary N) is 1. The fourth-order valence-electron chi connectivity index (χ4n) is 3.44. The topological polar surface area (TPSA) is 109 Å². The van der Waals surface area contributed by atoms with Crippen LogP contribution in [0.5, 0.6) is 0 Å². The van der Waals surface area contributed by atoms with Crippen molar-refractivity contribution < 1.29 is 14.7 Å². The molecule has 3 atom stereocenters. The molecule has 0 spiro atoms. The van der Waals surface area contributed by atoms with Gasteiger partial charge in [-0.3, -0.25) is 9.59 Å². The van der Waals surface area contributed by atoms with Crippen LogP contribution in [0.25, 0.3) is 10.4 Å². The van der Waals surface area contributed by atoms with Crippen LogP contribution in [-0.4, -0.2) is 51.5 Å². The van der Waals surface area contributed by atoms with Crippen LogP contribution in [0.4, 0.5) is 0 Å². The molecular weight excluding hydrogens is 424 g/mol. The largest absolute Gasteiger partial charge is 0.391 e. The van der Waals surface area contributed by atoms with Gasteiger partial charge in [0, 0.05) is 19.5 Å². The van der Waals surface area contributed by atoms with E-state index in [4.69, 9.17) is 5.73 Å². The number of benzene rings is 1. The van der Waals surface area contributed by atoms with Crippen molar-refractivity contribution in [3.8, 4) is 10.4 Å². The Hall–Kier alpha value is -2.00. The van der Waals surface area contributed by atoms with E-state index in [0.29, 0.717) is 6.54 Å². The van der Waals surface area contributed by atoms with Crippen LogP contribution in [0.15, 0.2) is 29.8 Å². The van der Waals surface area contributed by atoms with Crippen LogP contribution in [0, 0.1) is 12.8 Å². The number of rotatable bonds is 6. The van der Waals surface area contributed by atoms with Crippen LogP contribution in [0.2, 0.25) is 0 Å². The fourth-order valence-corrected chi connectivity index (χ4v) is 4.25. The average molecular weight is 453 g/mol. The van der Waals surface area contributed by atoms with E-state index in [-0.39, 0.29) is 43.1 Å². The van der Waals surface area contributed by atoms with Crippen molar-refractivity contribution in [1.82, 2.24) is 15.2 Å². The first-order valence-corrected chi connectivity index (χ1v) is 10.7. The van der Waals surface area contributed by atoms with Crippen LogP contribution >= 0.6 is 23.7 Å². The molecule has 1 fully saturated rings. The van der Waals surface area contributed by atoms with Gasteiger partial charge in [-0.1, -0.05) is 38.1 Å². The summed E-state index contributed by atoms with van der Waals surface area (Å²) in [7, 11) is 0. The third-order valence-electron chi connectivity index (χ3n) is 5.30. The highest BCUT2D eigenvalue weighted by atomic mass is 35.5. The van der Waals surface area contributed by atoms with Crippen molar-refractivity contribution >= 4 is 35.6 Å². The molecule has 0 radical (unpaired) electrons. The van der Waals surface area contributed by atoms with Gasteiger partial charge in [0.1, 0.15) is 6.04 Å². The minimum Gasteiger partial charge on any atom is -0.391 e. The summed E-state index contributed by atoms with van der Waals surface area (Å²) in [6, 6.07) is 6.59. The zero-order chi connectivity index (χ0) is 21.1. The summed E-state index contributed by atoms with van der Waals surface area (Å²) >= 11 is 1.60. The number of aryl methyl sites for hydroxylation is 1. The number of carbonyl (C=O) groups excluding carboxylic acids is 2. The molecule has 0 aliphatic carbocycles. The molecule has 30 heavy (non-hydrogen) atoms. The third-order valence-corrected chi connectivity index (χ3v) is 6.27. The van der Waals surface area contributed by atoms with Crippen molar-refractivity contribution in [3.63, 3.8) is 0 Å². The molecule has 2 aromatic rings. The Morgan fingerprint density at radius 1 is 1.33 bits per heavy atom. The summed E-state index contributed by atoms with van der Waals surface area (Å²) in [4.78, 5) is 32.1. The van der Waals surface area contributed by atoms with Gasteiger partial charge < -0.3 is 21.1 Å². The molecule has 0 bridgehead atoms. The summed E-state index contributed by atoms with van der Waals surface area (Å²) in [5.41, 5.74) is 10.8. The number of carbonyl (C=O) groups is 2. The van der Waals surface area contributed by atoms with E-state index in [9.17, 15) is 14.7 Å². The van der Waals surface area contributed by atoms with E-state index >= 15 is 0 Å². The molecule has 1 aliphatic heterocycles. The van der Waals surface area contributed by atoms with E-state index in [1.54, 1.807) is 11.3 Å². The molecule has 2 heterocycles.